The topological polar surface area (TPSA) is 26.0 Å². The molecule has 0 aromatic heterocycles. The van der Waals surface area contributed by atoms with E-state index < -0.39 is 23.5 Å². The molecule has 34 heavy (non-hydrogen) atoms. The smallest absolute Gasteiger partial charge is 0.398 e. The Hall–Kier alpha value is -3.74. The van der Waals surface area contributed by atoms with Crippen molar-refractivity contribution in [3.05, 3.63) is 108 Å². The highest BCUT2D eigenvalue weighted by Crippen LogP contribution is 2.41. The van der Waals surface area contributed by atoms with Gasteiger partial charge in [0.15, 0.2) is 0 Å². The highest BCUT2D eigenvalue weighted by molar-refractivity contribution is 6.03. The van der Waals surface area contributed by atoms with E-state index in [1.54, 1.807) is 36.4 Å². The molecule has 1 nitrogen and oxygen atoms in total. The average Bonchev–Trinajstić information content (AvgIpc) is 2.78. The lowest BCUT2D eigenvalue weighted by atomic mass is 9.89. The van der Waals surface area contributed by atoms with Gasteiger partial charge in [-0.2, -0.15) is 26.3 Å². The first-order chi connectivity index (χ1) is 15.9. The number of para-hydroxylation sites is 1. The van der Waals surface area contributed by atoms with Crippen LogP contribution < -0.4 is 5.73 Å². The second-order valence-electron chi connectivity index (χ2n) is 7.98. The van der Waals surface area contributed by atoms with Gasteiger partial charge in [-0.05, 0) is 69.3 Å². The molecule has 0 bridgehead atoms. The number of hydrogen-bond donors (Lipinski definition) is 1. The van der Waals surface area contributed by atoms with E-state index in [1.807, 2.05) is 18.2 Å². The zero-order valence-corrected chi connectivity index (χ0v) is 17.8. The Labute approximate surface area is 192 Å². The summed E-state index contributed by atoms with van der Waals surface area (Å²) in [5, 5.41) is 1.19. The number of rotatable bonds is 4. The van der Waals surface area contributed by atoms with Crippen LogP contribution in [0.5, 0.6) is 0 Å². The van der Waals surface area contributed by atoms with Crippen molar-refractivity contribution in [2.45, 2.75) is 18.8 Å². The maximum atomic E-state index is 13.4. The Morgan fingerprint density at radius 2 is 1.26 bits per heavy atom. The van der Waals surface area contributed by atoms with Crippen molar-refractivity contribution < 1.29 is 26.3 Å². The number of halogens is 6. The summed E-state index contributed by atoms with van der Waals surface area (Å²) in [5.74, 6) is 0. The molecule has 0 aliphatic carbocycles. The molecule has 0 aliphatic rings. The lowest BCUT2D eigenvalue weighted by molar-refractivity contribution is -0.143. The fraction of sp³-hybridized carbons (Fsp3) is 0.111. The molecule has 0 fully saturated rings. The van der Waals surface area contributed by atoms with Gasteiger partial charge in [0.2, 0.25) is 0 Å². The van der Waals surface area contributed by atoms with Crippen molar-refractivity contribution in [2.75, 3.05) is 5.73 Å². The van der Waals surface area contributed by atoms with Crippen LogP contribution in [0.2, 0.25) is 0 Å². The first-order valence-corrected chi connectivity index (χ1v) is 10.3. The Balaban J connectivity index is 1.87. The molecule has 0 radical (unpaired) electrons. The van der Waals surface area contributed by atoms with E-state index in [2.05, 4.69) is 6.58 Å². The Bertz CT molecular complexity index is 1350. The maximum absolute atomic E-state index is 13.4. The number of anilines is 1. The second-order valence-corrected chi connectivity index (χ2v) is 7.98. The molecule has 4 rings (SSSR count). The largest absolute Gasteiger partial charge is 0.416 e. The van der Waals surface area contributed by atoms with E-state index in [-0.39, 0.29) is 17.2 Å². The minimum atomic E-state index is -4.92. The molecule has 4 aromatic carbocycles. The first-order valence-electron chi connectivity index (χ1n) is 10.3. The number of allylic oxidation sites excluding steroid dienone is 1. The van der Waals surface area contributed by atoms with E-state index in [0.717, 1.165) is 28.8 Å². The van der Waals surface area contributed by atoms with Gasteiger partial charge >= 0.3 is 12.4 Å². The van der Waals surface area contributed by atoms with Crippen molar-refractivity contribution in [1.82, 2.24) is 0 Å². The molecule has 0 heterocycles. The number of hydrogen-bond acceptors (Lipinski definition) is 1. The van der Waals surface area contributed by atoms with Crippen LogP contribution in [0.4, 0.5) is 32.0 Å². The molecule has 0 atom stereocenters. The monoisotopic (exact) mass is 471 g/mol. The number of fused-ring (bicyclic) bond motifs is 1. The number of benzene rings is 4. The molecule has 0 saturated carbocycles. The summed E-state index contributed by atoms with van der Waals surface area (Å²) in [6, 6.07) is 19.0. The maximum Gasteiger partial charge on any atom is 0.416 e. The molecule has 174 valence electrons. The van der Waals surface area contributed by atoms with Crippen LogP contribution in [0.1, 0.15) is 22.3 Å². The molecular formula is C27H19F6N. The van der Waals surface area contributed by atoms with Gasteiger partial charge in [0, 0.05) is 5.69 Å². The summed E-state index contributed by atoms with van der Waals surface area (Å²) < 4.78 is 80.3. The molecule has 4 aromatic rings. The van der Waals surface area contributed by atoms with Crippen molar-refractivity contribution in [3.63, 3.8) is 0 Å². The highest BCUT2D eigenvalue weighted by Gasteiger charge is 2.37. The minimum absolute atomic E-state index is 0.131. The minimum Gasteiger partial charge on any atom is -0.398 e. The molecule has 0 aliphatic heterocycles. The Morgan fingerprint density at radius 1 is 0.706 bits per heavy atom. The van der Waals surface area contributed by atoms with Crippen molar-refractivity contribution in [1.29, 1.82) is 0 Å². The zero-order valence-electron chi connectivity index (χ0n) is 17.8. The fourth-order valence-electron chi connectivity index (χ4n) is 3.99. The molecule has 0 unspecified atom stereocenters. The van der Waals surface area contributed by atoms with E-state index >= 15 is 0 Å². The molecule has 0 spiro atoms. The van der Waals surface area contributed by atoms with E-state index in [4.69, 9.17) is 5.73 Å². The average molecular weight is 471 g/mol. The van der Waals surface area contributed by atoms with Crippen LogP contribution in [0.15, 0.2) is 85.4 Å². The zero-order chi connectivity index (χ0) is 24.7. The Morgan fingerprint density at radius 3 is 1.85 bits per heavy atom. The molecular weight excluding hydrogens is 452 g/mol. The van der Waals surface area contributed by atoms with E-state index in [1.165, 1.54) is 6.07 Å². The van der Waals surface area contributed by atoms with Gasteiger partial charge in [-0.3, -0.25) is 0 Å². The van der Waals surface area contributed by atoms with Gasteiger partial charge < -0.3 is 5.73 Å². The third kappa shape index (κ3) is 4.64. The predicted octanol–water partition coefficient (Wildman–Crippen LogP) is 8.38. The summed E-state index contributed by atoms with van der Waals surface area (Å²) in [6.07, 6.45) is -9.40. The lowest BCUT2D eigenvalue weighted by Crippen LogP contribution is -2.11. The molecule has 0 saturated heterocycles. The summed E-state index contributed by atoms with van der Waals surface area (Å²) >= 11 is 0. The van der Waals surface area contributed by atoms with Crippen LogP contribution in [-0.4, -0.2) is 0 Å². The normalized spacial score (nSPS) is 12.2. The number of nitrogen functional groups attached to an aromatic ring is 1. The van der Waals surface area contributed by atoms with Crippen molar-refractivity contribution >= 4 is 22.0 Å². The summed E-state index contributed by atoms with van der Waals surface area (Å²) in [4.78, 5) is 0. The molecule has 0 amide bonds. The second kappa shape index (κ2) is 8.56. The first kappa shape index (κ1) is 23.4. The van der Waals surface area contributed by atoms with Crippen molar-refractivity contribution in [3.8, 4) is 11.1 Å². The number of alkyl halides is 6. The fourth-order valence-corrected chi connectivity index (χ4v) is 3.99. The standard InChI is InChI=1S/C27H19F6N/c1-16(12-17-6-2-5-9-25(17)34)21-10-11-22(24-8-4-3-7-23(21)24)18-13-19(26(28,29)30)15-20(14-18)27(31,32)33/h2-11,13-15H,1,12,34H2. The third-order valence-corrected chi connectivity index (χ3v) is 5.66. The molecule has 7 heteroatoms. The van der Waals surface area contributed by atoms with Crippen LogP contribution in [0, 0.1) is 0 Å². The Kier molecular flexibility index (Phi) is 5.89. The van der Waals surface area contributed by atoms with Gasteiger partial charge in [-0.1, -0.05) is 61.2 Å². The van der Waals surface area contributed by atoms with Gasteiger partial charge in [0.1, 0.15) is 0 Å². The van der Waals surface area contributed by atoms with E-state index in [0.29, 0.717) is 22.9 Å². The van der Waals surface area contributed by atoms with Gasteiger partial charge in [-0.25, -0.2) is 0 Å². The summed E-state index contributed by atoms with van der Waals surface area (Å²) in [7, 11) is 0. The van der Waals surface area contributed by atoms with Crippen LogP contribution in [0.3, 0.4) is 0 Å². The predicted molar refractivity (Wildman–Crippen MR) is 123 cm³/mol. The van der Waals surface area contributed by atoms with Crippen LogP contribution in [-0.2, 0) is 18.8 Å². The quantitative estimate of drug-likeness (QED) is 0.235. The van der Waals surface area contributed by atoms with Gasteiger partial charge in [0.05, 0.1) is 11.1 Å². The van der Waals surface area contributed by atoms with Crippen LogP contribution in [0.25, 0.3) is 27.5 Å². The van der Waals surface area contributed by atoms with Crippen LogP contribution >= 0.6 is 0 Å². The summed E-state index contributed by atoms with van der Waals surface area (Å²) in [6.45, 7) is 4.15. The van der Waals surface area contributed by atoms with E-state index in [9.17, 15) is 26.3 Å². The number of nitrogens with two attached hydrogens (primary N) is 1. The SMILES string of the molecule is C=C(Cc1ccccc1N)c1ccc(-c2cc(C(F)(F)F)cc(C(F)(F)F)c2)c2ccccc12. The highest BCUT2D eigenvalue weighted by atomic mass is 19.4. The lowest BCUT2D eigenvalue weighted by Gasteiger charge is -2.17. The van der Waals surface area contributed by atoms with Gasteiger partial charge in [0.25, 0.3) is 0 Å². The third-order valence-electron chi connectivity index (χ3n) is 5.66. The summed E-state index contributed by atoms with van der Waals surface area (Å²) in [5.41, 5.74) is 6.37. The van der Waals surface area contributed by atoms with Crippen molar-refractivity contribution in [2.24, 2.45) is 0 Å². The molecule has 2 N–H and O–H groups in total. The van der Waals surface area contributed by atoms with Gasteiger partial charge in [-0.15, -0.1) is 0 Å².